The molecule has 2 aromatic rings. The normalized spacial score (nSPS) is 10.1. The molecule has 2 rings (SSSR count). The molecule has 0 saturated heterocycles. The summed E-state index contributed by atoms with van der Waals surface area (Å²) in [5, 5.41) is 13.0. The topological polar surface area (TPSA) is 58.6 Å². The Morgan fingerprint density at radius 2 is 2.10 bits per heavy atom. The lowest BCUT2D eigenvalue weighted by Gasteiger charge is -2.08. The molecule has 0 atom stereocenters. The maximum absolute atomic E-state index is 12.0. The van der Waals surface area contributed by atoms with Crippen LogP contribution in [0.1, 0.15) is 15.9 Å². The summed E-state index contributed by atoms with van der Waals surface area (Å²) in [7, 11) is 1.45. The minimum Gasteiger partial charge on any atom is -0.504 e. The Hall–Kier alpha value is -2.20. The van der Waals surface area contributed by atoms with Crippen molar-refractivity contribution in [2.24, 2.45) is 0 Å². The maximum atomic E-state index is 12.0. The summed E-state index contributed by atoms with van der Waals surface area (Å²) in [4.78, 5) is 12.0. The van der Waals surface area contributed by atoms with Crippen LogP contribution in [0.15, 0.2) is 42.5 Å². The molecule has 104 valence electrons. The molecule has 5 heteroatoms. The summed E-state index contributed by atoms with van der Waals surface area (Å²) in [6, 6.07) is 11.8. The van der Waals surface area contributed by atoms with Gasteiger partial charge >= 0.3 is 0 Å². The zero-order valence-electron chi connectivity index (χ0n) is 10.9. The predicted octanol–water partition coefficient (Wildman–Crippen LogP) is 2.98. The number of benzene rings is 2. The van der Waals surface area contributed by atoms with Gasteiger partial charge in [-0.05, 0) is 35.9 Å². The van der Waals surface area contributed by atoms with Crippen molar-refractivity contribution >= 4 is 17.5 Å². The summed E-state index contributed by atoms with van der Waals surface area (Å²) < 4.78 is 4.93. The van der Waals surface area contributed by atoms with E-state index in [0.29, 0.717) is 22.9 Å². The highest BCUT2D eigenvalue weighted by atomic mass is 35.5. The third kappa shape index (κ3) is 3.42. The van der Waals surface area contributed by atoms with Crippen LogP contribution < -0.4 is 10.1 Å². The summed E-state index contributed by atoms with van der Waals surface area (Å²) >= 11 is 5.87. The van der Waals surface area contributed by atoms with Crippen LogP contribution in [-0.2, 0) is 6.54 Å². The summed E-state index contributed by atoms with van der Waals surface area (Å²) in [5.74, 6) is -0.0118. The summed E-state index contributed by atoms with van der Waals surface area (Å²) in [6.45, 7) is 0.367. The molecule has 20 heavy (non-hydrogen) atoms. The van der Waals surface area contributed by atoms with Crippen molar-refractivity contribution in [3.63, 3.8) is 0 Å². The largest absolute Gasteiger partial charge is 0.504 e. The molecular weight excluding hydrogens is 278 g/mol. The molecule has 0 saturated carbocycles. The minimum atomic E-state index is -0.275. The fraction of sp³-hybridized carbons (Fsp3) is 0.133. The second-order valence-electron chi connectivity index (χ2n) is 4.20. The highest BCUT2D eigenvalue weighted by molar-refractivity contribution is 6.30. The lowest BCUT2D eigenvalue weighted by atomic mass is 10.1. The van der Waals surface area contributed by atoms with Gasteiger partial charge in [0, 0.05) is 17.1 Å². The molecular formula is C15H14ClNO3. The van der Waals surface area contributed by atoms with E-state index < -0.39 is 0 Å². The fourth-order valence-electron chi connectivity index (χ4n) is 1.76. The van der Waals surface area contributed by atoms with E-state index in [1.807, 2.05) is 12.1 Å². The van der Waals surface area contributed by atoms with Crippen molar-refractivity contribution in [2.75, 3.05) is 7.11 Å². The molecule has 2 N–H and O–H groups in total. The number of carbonyl (C=O) groups is 1. The molecule has 4 nitrogen and oxygen atoms in total. The molecule has 0 aliphatic heterocycles. The van der Waals surface area contributed by atoms with Crippen molar-refractivity contribution in [1.82, 2.24) is 5.32 Å². The molecule has 2 aromatic carbocycles. The zero-order chi connectivity index (χ0) is 14.5. The van der Waals surface area contributed by atoms with Gasteiger partial charge in [-0.15, -0.1) is 0 Å². The number of halogens is 1. The Kier molecular flexibility index (Phi) is 4.48. The van der Waals surface area contributed by atoms with E-state index in [2.05, 4.69) is 5.32 Å². The van der Waals surface area contributed by atoms with Gasteiger partial charge in [-0.1, -0.05) is 23.7 Å². The number of rotatable bonds is 4. The number of carbonyl (C=O) groups excluding carboxylic acids is 1. The van der Waals surface area contributed by atoms with E-state index in [1.54, 1.807) is 24.3 Å². The quantitative estimate of drug-likeness (QED) is 0.910. The lowest BCUT2D eigenvalue weighted by molar-refractivity contribution is 0.0950. The fourth-order valence-corrected chi connectivity index (χ4v) is 1.98. The van der Waals surface area contributed by atoms with Gasteiger partial charge in [-0.3, -0.25) is 4.79 Å². The molecule has 0 aliphatic carbocycles. The molecule has 0 bridgehead atoms. The number of phenolic OH excluding ortho intramolecular Hbond substituents is 1. The Labute approximate surface area is 122 Å². The number of nitrogens with one attached hydrogen (secondary N) is 1. The van der Waals surface area contributed by atoms with Crippen LogP contribution in [0.25, 0.3) is 0 Å². The van der Waals surface area contributed by atoms with Crippen molar-refractivity contribution in [3.8, 4) is 11.5 Å². The number of ether oxygens (including phenoxy) is 1. The van der Waals surface area contributed by atoms with Crippen LogP contribution in [-0.4, -0.2) is 18.1 Å². The molecule has 0 radical (unpaired) electrons. The Morgan fingerprint density at radius 3 is 2.75 bits per heavy atom. The lowest BCUT2D eigenvalue weighted by Crippen LogP contribution is -2.22. The zero-order valence-corrected chi connectivity index (χ0v) is 11.6. The van der Waals surface area contributed by atoms with Crippen LogP contribution in [0.5, 0.6) is 11.5 Å². The first-order chi connectivity index (χ1) is 9.60. The predicted molar refractivity (Wildman–Crippen MR) is 77.3 cm³/mol. The summed E-state index contributed by atoms with van der Waals surface area (Å²) in [6.07, 6.45) is 0. The highest BCUT2D eigenvalue weighted by Gasteiger charge is 2.09. The molecule has 0 aromatic heterocycles. The highest BCUT2D eigenvalue weighted by Crippen LogP contribution is 2.26. The van der Waals surface area contributed by atoms with E-state index in [4.69, 9.17) is 16.3 Å². The summed E-state index contributed by atoms with van der Waals surface area (Å²) in [5.41, 5.74) is 1.27. The van der Waals surface area contributed by atoms with Crippen molar-refractivity contribution < 1.29 is 14.6 Å². The van der Waals surface area contributed by atoms with Crippen LogP contribution >= 0.6 is 11.6 Å². The van der Waals surface area contributed by atoms with Crippen molar-refractivity contribution in [1.29, 1.82) is 0 Å². The molecule has 0 unspecified atom stereocenters. The first kappa shape index (κ1) is 14.2. The standard InChI is InChI=1S/C15H14ClNO3/c1-20-14-6-5-11(8-13(14)18)15(19)17-9-10-3-2-4-12(16)7-10/h2-8,18H,9H2,1H3,(H,17,19). The first-order valence-electron chi connectivity index (χ1n) is 6.00. The number of phenols is 1. The van der Waals surface area contributed by atoms with Gasteiger partial charge in [0.2, 0.25) is 0 Å². The average molecular weight is 292 g/mol. The third-order valence-corrected chi connectivity index (χ3v) is 3.02. The van der Waals surface area contributed by atoms with Crippen molar-refractivity contribution in [3.05, 3.63) is 58.6 Å². The van der Waals surface area contributed by atoms with E-state index in [1.165, 1.54) is 13.2 Å². The monoisotopic (exact) mass is 291 g/mol. The minimum absolute atomic E-state index is 0.0668. The number of methoxy groups -OCH3 is 1. The van der Waals surface area contributed by atoms with Gasteiger partial charge < -0.3 is 15.2 Å². The molecule has 1 amide bonds. The number of hydrogen-bond acceptors (Lipinski definition) is 3. The van der Waals surface area contributed by atoms with Crippen molar-refractivity contribution in [2.45, 2.75) is 6.54 Å². The average Bonchev–Trinajstić information content (AvgIpc) is 2.44. The molecule has 0 spiro atoms. The van der Waals surface area contributed by atoms with E-state index in [-0.39, 0.29) is 11.7 Å². The smallest absolute Gasteiger partial charge is 0.251 e. The van der Waals surface area contributed by atoms with Gasteiger partial charge in [-0.25, -0.2) is 0 Å². The van der Waals surface area contributed by atoms with Gasteiger partial charge in [0.15, 0.2) is 11.5 Å². The van der Waals surface area contributed by atoms with Crippen LogP contribution in [0.2, 0.25) is 5.02 Å². The SMILES string of the molecule is COc1ccc(C(=O)NCc2cccc(Cl)c2)cc1O. The van der Waals surface area contributed by atoms with Gasteiger partial charge in [0.25, 0.3) is 5.91 Å². The van der Waals surface area contributed by atoms with Crippen LogP contribution in [0.4, 0.5) is 0 Å². The van der Waals surface area contributed by atoms with Gasteiger partial charge in [-0.2, -0.15) is 0 Å². The second kappa shape index (κ2) is 6.30. The number of amides is 1. The Balaban J connectivity index is 2.03. The Bertz CT molecular complexity index is 628. The molecule has 0 fully saturated rings. The van der Waals surface area contributed by atoms with E-state index in [0.717, 1.165) is 5.56 Å². The van der Waals surface area contributed by atoms with E-state index >= 15 is 0 Å². The Morgan fingerprint density at radius 1 is 1.30 bits per heavy atom. The van der Waals surface area contributed by atoms with Crippen LogP contribution in [0, 0.1) is 0 Å². The molecule has 0 aliphatic rings. The molecule has 0 heterocycles. The van der Waals surface area contributed by atoms with E-state index in [9.17, 15) is 9.90 Å². The van der Waals surface area contributed by atoms with Crippen LogP contribution in [0.3, 0.4) is 0 Å². The third-order valence-electron chi connectivity index (χ3n) is 2.78. The number of aromatic hydroxyl groups is 1. The second-order valence-corrected chi connectivity index (χ2v) is 4.64. The van der Waals surface area contributed by atoms with Gasteiger partial charge in [0.1, 0.15) is 0 Å². The number of hydrogen-bond donors (Lipinski definition) is 2. The van der Waals surface area contributed by atoms with Gasteiger partial charge in [0.05, 0.1) is 7.11 Å². The first-order valence-corrected chi connectivity index (χ1v) is 6.37. The maximum Gasteiger partial charge on any atom is 0.251 e.